The molecule has 1 aliphatic rings. The summed E-state index contributed by atoms with van der Waals surface area (Å²) >= 11 is 0. The van der Waals surface area contributed by atoms with E-state index in [4.69, 9.17) is 4.74 Å². The standard InChI is InChI=1S/C13H13NO3/c1-3-8-14-11-7-5-4-6-10(11)13(16)17-9(2)12(14)15/h3-7,9H,1,8H2,2H3. The molecule has 4 heteroatoms. The minimum Gasteiger partial charge on any atom is -0.449 e. The van der Waals surface area contributed by atoms with E-state index in [9.17, 15) is 9.59 Å². The molecule has 1 amide bonds. The van der Waals surface area contributed by atoms with Crippen LogP contribution in [0, 0.1) is 0 Å². The highest BCUT2D eigenvalue weighted by molar-refractivity contribution is 6.07. The SMILES string of the molecule is C=CCN1C(=O)C(C)OC(=O)c2ccccc21. The molecular weight excluding hydrogens is 218 g/mol. The van der Waals surface area contributed by atoms with Crippen LogP contribution in [0.3, 0.4) is 0 Å². The molecule has 0 aromatic heterocycles. The fourth-order valence-electron chi connectivity index (χ4n) is 1.81. The van der Waals surface area contributed by atoms with E-state index in [1.54, 1.807) is 37.3 Å². The van der Waals surface area contributed by atoms with Gasteiger partial charge in [0.25, 0.3) is 5.91 Å². The van der Waals surface area contributed by atoms with E-state index in [1.807, 2.05) is 0 Å². The zero-order valence-corrected chi connectivity index (χ0v) is 9.55. The van der Waals surface area contributed by atoms with E-state index in [0.717, 1.165) is 0 Å². The number of hydrogen-bond acceptors (Lipinski definition) is 3. The summed E-state index contributed by atoms with van der Waals surface area (Å²) < 4.78 is 5.06. The van der Waals surface area contributed by atoms with Gasteiger partial charge in [-0.2, -0.15) is 0 Å². The van der Waals surface area contributed by atoms with Gasteiger partial charge in [-0.05, 0) is 19.1 Å². The molecule has 1 heterocycles. The third-order valence-corrected chi connectivity index (χ3v) is 2.62. The Balaban J connectivity index is 2.55. The first-order valence-electron chi connectivity index (χ1n) is 5.37. The topological polar surface area (TPSA) is 46.6 Å². The summed E-state index contributed by atoms with van der Waals surface area (Å²) in [6.45, 7) is 5.55. The van der Waals surface area contributed by atoms with Crippen molar-refractivity contribution >= 4 is 17.6 Å². The van der Waals surface area contributed by atoms with E-state index in [-0.39, 0.29) is 5.91 Å². The van der Waals surface area contributed by atoms with E-state index in [1.165, 1.54) is 4.90 Å². The summed E-state index contributed by atoms with van der Waals surface area (Å²) in [4.78, 5) is 25.3. The molecule has 0 bridgehead atoms. The van der Waals surface area contributed by atoms with Gasteiger partial charge in [-0.15, -0.1) is 6.58 Å². The second-order valence-electron chi connectivity index (χ2n) is 3.80. The molecule has 0 N–H and O–H groups in total. The summed E-state index contributed by atoms with van der Waals surface area (Å²) in [5.74, 6) is -0.698. The minimum atomic E-state index is -0.769. The third-order valence-electron chi connectivity index (χ3n) is 2.62. The number of carbonyl (C=O) groups is 2. The average Bonchev–Trinajstić information content (AvgIpc) is 2.42. The van der Waals surface area contributed by atoms with Crippen LogP contribution in [0.5, 0.6) is 0 Å². The third kappa shape index (κ3) is 1.93. The summed E-state index contributed by atoms with van der Waals surface area (Å²) in [7, 11) is 0. The predicted octanol–water partition coefficient (Wildman–Crippen LogP) is 1.76. The van der Waals surface area contributed by atoms with Crippen molar-refractivity contribution in [1.82, 2.24) is 0 Å². The zero-order valence-electron chi connectivity index (χ0n) is 9.55. The molecule has 1 aliphatic heterocycles. The van der Waals surface area contributed by atoms with Crippen molar-refractivity contribution < 1.29 is 14.3 Å². The number of anilines is 1. The molecule has 0 saturated carbocycles. The van der Waals surface area contributed by atoms with Crippen LogP contribution >= 0.6 is 0 Å². The van der Waals surface area contributed by atoms with Gasteiger partial charge in [0.15, 0.2) is 6.10 Å². The normalized spacial score (nSPS) is 19.4. The second kappa shape index (κ2) is 4.41. The van der Waals surface area contributed by atoms with Gasteiger partial charge in [-0.3, -0.25) is 4.79 Å². The lowest BCUT2D eigenvalue weighted by Crippen LogP contribution is -2.37. The van der Waals surface area contributed by atoms with Crippen molar-refractivity contribution in [1.29, 1.82) is 0 Å². The summed E-state index contributed by atoms with van der Waals surface area (Å²) in [6.07, 6.45) is 0.854. The van der Waals surface area contributed by atoms with E-state index < -0.39 is 12.1 Å². The van der Waals surface area contributed by atoms with Crippen LogP contribution in [-0.2, 0) is 9.53 Å². The van der Waals surface area contributed by atoms with Crippen LogP contribution in [0.25, 0.3) is 0 Å². The van der Waals surface area contributed by atoms with Crippen molar-refractivity contribution in [3.63, 3.8) is 0 Å². The number of rotatable bonds is 2. The van der Waals surface area contributed by atoms with Crippen molar-refractivity contribution in [3.05, 3.63) is 42.5 Å². The number of cyclic esters (lactones) is 1. The number of fused-ring (bicyclic) bond motifs is 1. The van der Waals surface area contributed by atoms with Crippen LogP contribution in [0.15, 0.2) is 36.9 Å². The number of para-hydroxylation sites is 1. The van der Waals surface area contributed by atoms with Crippen molar-refractivity contribution in [2.75, 3.05) is 11.4 Å². The Hall–Kier alpha value is -2.10. The summed E-state index contributed by atoms with van der Waals surface area (Å²) in [5.41, 5.74) is 0.985. The molecule has 4 nitrogen and oxygen atoms in total. The number of benzene rings is 1. The summed E-state index contributed by atoms with van der Waals surface area (Å²) in [5, 5.41) is 0. The van der Waals surface area contributed by atoms with Crippen LogP contribution < -0.4 is 4.90 Å². The van der Waals surface area contributed by atoms with Crippen LogP contribution in [0.4, 0.5) is 5.69 Å². The van der Waals surface area contributed by atoms with Crippen molar-refractivity contribution in [3.8, 4) is 0 Å². The van der Waals surface area contributed by atoms with Crippen LogP contribution in [-0.4, -0.2) is 24.5 Å². The first-order valence-corrected chi connectivity index (χ1v) is 5.37. The molecule has 0 fully saturated rings. The van der Waals surface area contributed by atoms with E-state index in [2.05, 4.69) is 6.58 Å². The highest BCUT2D eigenvalue weighted by Gasteiger charge is 2.31. The largest absolute Gasteiger partial charge is 0.449 e. The van der Waals surface area contributed by atoms with E-state index in [0.29, 0.717) is 17.8 Å². The first-order chi connectivity index (χ1) is 8.15. The predicted molar refractivity (Wildman–Crippen MR) is 63.9 cm³/mol. The number of carbonyl (C=O) groups excluding carboxylic acids is 2. The highest BCUT2D eigenvalue weighted by Crippen LogP contribution is 2.26. The number of amides is 1. The van der Waals surface area contributed by atoms with Gasteiger partial charge in [0.2, 0.25) is 0 Å². The van der Waals surface area contributed by atoms with E-state index >= 15 is 0 Å². The molecule has 0 spiro atoms. The summed E-state index contributed by atoms with van der Waals surface area (Å²) in [6, 6.07) is 6.91. The molecule has 1 aromatic carbocycles. The van der Waals surface area contributed by atoms with Gasteiger partial charge in [0.05, 0.1) is 11.3 Å². The smallest absolute Gasteiger partial charge is 0.341 e. The van der Waals surface area contributed by atoms with Gasteiger partial charge in [-0.25, -0.2) is 4.79 Å². The van der Waals surface area contributed by atoms with Crippen molar-refractivity contribution in [2.45, 2.75) is 13.0 Å². The first kappa shape index (κ1) is 11.4. The van der Waals surface area contributed by atoms with Crippen molar-refractivity contribution in [2.24, 2.45) is 0 Å². The van der Waals surface area contributed by atoms with Gasteiger partial charge in [0, 0.05) is 6.54 Å². The lowest BCUT2D eigenvalue weighted by atomic mass is 10.1. The molecule has 1 atom stereocenters. The van der Waals surface area contributed by atoms with Gasteiger partial charge >= 0.3 is 5.97 Å². The maximum absolute atomic E-state index is 12.0. The maximum Gasteiger partial charge on any atom is 0.341 e. The van der Waals surface area contributed by atoms with Gasteiger partial charge < -0.3 is 9.64 Å². The lowest BCUT2D eigenvalue weighted by Gasteiger charge is -2.21. The molecule has 0 aliphatic carbocycles. The number of ether oxygens (including phenoxy) is 1. The molecule has 1 aromatic rings. The Labute approximate surface area is 99.5 Å². The number of hydrogen-bond donors (Lipinski definition) is 0. The molecule has 0 saturated heterocycles. The fourth-order valence-corrected chi connectivity index (χ4v) is 1.81. The lowest BCUT2D eigenvalue weighted by molar-refractivity contribution is -0.125. The van der Waals surface area contributed by atoms with Crippen LogP contribution in [0.1, 0.15) is 17.3 Å². The molecule has 1 unspecified atom stereocenters. The Kier molecular flexibility index (Phi) is 2.95. The fraction of sp³-hybridized carbons (Fsp3) is 0.231. The molecule has 88 valence electrons. The van der Waals surface area contributed by atoms with Gasteiger partial charge in [-0.1, -0.05) is 18.2 Å². The van der Waals surface area contributed by atoms with Gasteiger partial charge in [0.1, 0.15) is 0 Å². The Bertz CT molecular complexity index is 481. The maximum atomic E-state index is 12.0. The Morgan fingerprint density at radius 1 is 1.41 bits per heavy atom. The number of nitrogens with zero attached hydrogens (tertiary/aromatic N) is 1. The molecular formula is C13H13NO3. The average molecular weight is 231 g/mol. The minimum absolute atomic E-state index is 0.233. The Morgan fingerprint density at radius 2 is 2.12 bits per heavy atom. The highest BCUT2D eigenvalue weighted by atomic mass is 16.5. The monoisotopic (exact) mass is 231 g/mol. The molecule has 2 rings (SSSR count). The quantitative estimate of drug-likeness (QED) is 0.575. The molecule has 0 radical (unpaired) electrons. The Morgan fingerprint density at radius 3 is 2.82 bits per heavy atom. The molecule has 17 heavy (non-hydrogen) atoms. The second-order valence-corrected chi connectivity index (χ2v) is 3.80. The number of esters is 1. The zero-order chi connectivity index (χ0) is 12.4. The van der Waals surface area contributed by atoms with Crippen LogP contribution in [0.2, 0.25) is 0 Å².